The fraction of sp³-hybridized carbons (Fsp3) is 1.00. The van der Waals surface area contributed by atoms with E-state index in [4.69, 9.17) is 0 Å². The number of hydrogen-bond donors (Lipinski definition) is 0. The molecular weight excluding hydrogens is 471 g/mol. The Balaban J connectivity index is 1.10. The summed E-state index contributed by atoms with van der Waals surface area (Å²) in [5.74, 6) is 4.34. The van der Waals surface area contributed by atoms with Crippen LogP contribution in [0, 0.1) is 23.7 Å². The molecule has 13 atom stereocenters. The van der Waals surface area contributed by atoms with E-state index in [2.05, 4.69) is 40.2 Å². The Morgan fingerprint density at radius 1 is 0.382 bits per heavy atom. The zero-order chi connectivity index (χ0) is 22.2. The van der Waals surface area contributed by atoms with Crippen LogP contribution < -0.4 is 0 Å². The van der Waals surface area contributed by atoms with Crippen LogP contribution in [0.2, 0.25) is 0 Å². The molecule has 0 radical (unpaired) electrons. The summed E-state index contributed by atoms with van der Waals surface area (Å²) in [7, 11) is 0. The summed E-state index contributed by atoms with van der Waals surface area (Å²) < 4.78 is 0. The van der Waals surface area contributed by atoms with Gasteiger partial charge in [-0.05, 0) is 87.9 Å². The molecule has 0 bridgehead atoms. The lowest BCUT2D eigenvalue weighted by Crippen LogP contribution is -2.64. The van der Waals surface area contributed by atoms with Gasteiger partial charge in [0.05, 0.1) is 0 Å². The maximum atomic E-state index is 3.33. The molecule has 5 aliphatic carbocycles. The highest BCUT2D eigenvalue weighted by Crippen LogP contribution is 2.65. The van der Waals surface area contributed by atoms with Crippen molar-refractivity contribution in [3.63, 3.8) is 0 Å². The molecule has 4 heteroatoms. The molecule has 0 aromatic heterocycles. The number of rotatable bonds is 1. The molecular formula is C30H47NS3. The Labute approximate surface area is 221 Å². The van der Waals surface area contributed by atoms with E-state index in [9.17, 15) is 0 Å². The molecule has 8 aliphatic rings. The first-order valence-corrected chi connectivity index (χ1v) is 18.4. The fourth-order valence-electron chi connectivity index (χ4n) is 10.9. The zero-order valence-electron chi connectivity index (χ0n) is 21.2. The van der Waals surface area contributed by atoms with E-state index in [0.717, 1.165) is 73.3 Å². The van der Waals surface area contributed by atoms with E-state index < -0.39 is 0 Å². The predicted molar refractivity (Wildman–Crippen MR) is 151 cm³/mol. The van der Waals surface area contributed by atoms with Gasteiger partial charge in [0.1, 0.15) is 0 Å². The lowest BCUT2D eigenvalue weighted by molar-refractivity contribution is 0.00800. The van der Waals surface area contributed by atoms with Crippen molar-refractivity contribution in [3.05, 3.63) is 0 Å². The lowest BCUT2D eigenvalue weighted by atomic mass is 9.64. The molecule has 34 heavy (non-hydrogen) atoms. The number of hydrogen-bond acceptors (Lipinski definition) is 4. The molecule has 8 rings (SSSR count). The van der Waals surface area contributed by atoms with Gasteiger partial charge in [0.2, 0.25) is 0 Å². The Bertz CT molecular complexity index is 737. The quantitative estimate of drug-likeness (QED) is 0.346. The smallest absolute Gasteiger partial charge is 0.0237 e. The first-order chi connectivity index (χ1) is 16.9. The minimum atomic E-state index is 0.932. The van der Waals surface area contributed by atoms with Gasteiger partial charge in [-0.25, -0.2) is 0 Å². The molecule has 190 valence electrons. The van der Waals surface area contributed by atoms with Crippen molar-refractivity contribution in [3.8, 4) is 0 Å². The summed E-state index contributed by atoms with van der Waals surface area (Å²) in [6.07, 6.45) is 26.2. The van der Waals surface area contributed by atoms with Gasteiger partial charge < -0.3 is 0 Å². The van der Waals surface area contributed by atoms with Crippen molar-refractivity contribution in [2.45, 2.75) is 159 Å². The fourth-order valence-corrected chi connectivity index (χ4v) is 17.6. The second-order valence-electron chi connectivity index (χ2n) is 13.6. The van der Waals surface area contributed by atoms with Crippen molar-refractivity contribution in [2.24, 2.45) is 23.7 Å². The molecule has 0 spiro atoms. The van der Waals surface area contributed by atoms with Crippen LogP contribution in [0.5, 0.6) is 0 Å². The van der Waals surface area contributed by atoms with E-state index in [0.29, 0.717) is 0 Å². The van der Waals surface area contributed by atoms with E-state index >= 15 is 0 Å². The topological polar surface area (TPSA) is 3.24 Å². The molecule has 5 saturated carbocycles. The maximum Gasteiger partial charge on any atom is 0.0237 e. The average molecular weight is 518 g/mol. The van der Waals surface area contributed by atoms with Gasteiger partial charge in [0.15, 0.2) is 0 Å². The third-order valence-corrected chi connectivity index (χ3v) is 17.7. The van der Waals surface area contributed by atoms with Crippen LogP contribution >= 0.6 is 35.3 Å². The predicted octanol–water partition coefficient (Wildman–Crippen LogP) is 8.01. The molecule has 13 unspecified atom stereocenters. The van der Waals surface area contributed by atoms with Crippen LogP contribution in [0.1, 0.15) is 109 Å². The summed E-state index contributed by atoms with van der Waals surface area (Å²) in [6, 6.07) is 2.80. The molecule has 1 nitrogen and oxygen atoms in total. The summed E-state index contributed by atoms with van der Waals surface area (Å²) in [6.45, 7) is 0. The minimum absolute atomic E-state index is 0.932. The molecule has 3 aliphatic heterocycles. The minimum Gasteiger partial charge on any atom is -0.291 e. The number of fused-ring (bicyclic) bond motifs is 9. The van der Waals surface area contributed by atoms with Crippen molar-refractivity contribution in [1.29, 1.82) is 0 Å². The summed E-state index contributed by atoms with van der Waals surface area (Å²) in [4.78, 5) is 3.33. The van der Waals surface area contributed by atoms with Gasteiger partial charge >= 0.3 is 0 Å². The molecule has 0 aromatic carbocycles. The standard InChI is InChI=1S/C30H47NS3/c1-4-13-24-20(8-1)28-27(32-24)17-16-19-18-9-7-12-23(29(18)34-30(19)28)31-21-10-2-5-14-25(21)33-26-15-6-3-11-22(26)31/h18-30H,1-17H2. The monoisotopic (exact) mass is 517 g/mol. The van der Waals surface area contributed by atoms with Gasteiger partial charge in [-0.15, -0.1) is 0 Å². The van der Waals surface area contributed by atoms with Crippen LogP contribution in [0.25, 0.3) is 0 Å². The van der Waals surface area contributed by atoms with Gasteiger partial charge in [0.25, 0.3) is 0 Å². The second kappa shape index (κ2) is 9.33. The highest BCUT2D eigenvalue weighted by Gasteiger charge is 2.60. The SMILES string of the molecule is C1CCC2C(C1)SC1CCC3C4CCCC(N5C6CCCCC6SC6CCCCC65)C4SC3C12. The largest absolute Gasteiger partial charge is 0.291 e. The maximum absolute atomic E-state index is 3.33. The van der Waals surface area contributed by atoms with E-state index in [1.54, 1.807) is 51.4 Å². The van der Waals surface area contributed by atoms with Crippen molar-refractivity contribution in [1.82, 2.24) is 4.90 Å². The van der Waals surface area contributed by atoms with E-state index in [1.165, 1.54) is 57.8 Å². The van der Waals surface area contributed by atoms with Crippen molar-refractivity contribution in [2.75, 3.05) is 0 Å². The van der Waals surface area contributed by atoms with Crippen LogP contribution in [-0.2, 0) is 0 Å². The molecule has 0 N–H and O–H groups in total. The Hall–Kier alpha value is 1.01. The Morgan fingerprint density at radius 3 is 1.76 bits per heavy atom. The van der Waals surface area contributed by atoms with E-state index in [-0.39, 0.29) is 0 Å². The van der Waals surface area contributed by atoms with Crippen LogP contribution in [-0.4, -0.2) is 54.5 Å². The van der Waals surface area contributed by atoms with Crippen LogP contribution in [0.15, 0.2) is 0 Å². The normalized spacial score (nSPS) is 57.0. The average Bonchev–Trinajstić information content (AvgIpc) is 3.45. The summed E-state index contributed by atoms with van der Waals surface area (Å²) in [5, 5.41) is 6.06. The Morgan fingerprint density at radius 2 is 0.971 bits per heavy atom. The first-order valence-electron chi connectivity index (χ1n) is 15.6. The molecule has 8 fully saturated rings. The van der Waals surface area contributed by atoms with Crippen LogP contribution in [0.3, 0.4) is 0 Å². The van der Waals surface area contributed by atoms with E-state index in [1.807, 2.05) is 0 Å². The summed E-state index contributed by atoms with van der Waals surface area (Å²) in [5.41, 5.74) is 0. The second-order valence-corrected chi connectivity index (χ2v) is 17.9. The molecule has 3 heterocycles. The lowest BCUT2D eigenvalue weighted by Gasteiger charge is -2.58. The molecule has 0 amide bonds. The third-order valence-electron chi connectivity index (χ3n) is 12.1. The van der Waals surface area contributed by atoms with Crippen molar-refractivity contribution >= 4 is 35.3 Å². The first kappa shape index (κ1) is 22.9. The summed E-state index contributed by atoms with van der Waals surface area (Å²) >= 11 is 7.61. The number of nitrogens with zero attached hydrogens (tertiary/aromatic N) is 1. The molecule has 3 saturated heterocycles. The highest BCUT2D eigenvalue weighted by atomic mass is 32.2. The van der Waals surface area contributed by atoms with Gasteiger partial charge in [0, 0.05) is 49.6 Å². The van der Waals surface area contributed by atoms with Gasteiger partial charge in [-0.1, -0.05) is 44.9 Å². The zero-order valence-corrected chi connectivity index (χ0v) is 23.6. The van der Waals surface area contributed by atoms with Crippen LogP contribution in [0.4, 0.5) is 0 Å². The van der Waals surface area contributed by atoms with Gasteiger partial charge in [-0.3, -0.25) is 4.90 Å². The van der Waals surface area contributed by atoms with Gasteiger partial charge in [-0.2, -0.15) is 35.3 Å². The number of thioether (sulfide) groups is 3. The molecule has 0 aromatic rings. The Kier molecular flexibility index (Phi) is 6.30. The highest BCUT2D eigenvalue weighted by molar-refractivity contribution is 8.02. The third kappa shape index (κ3) is 3.59. The van der Waals surface area contributed by atoms with Crippen molar-refractivity contribution < 1.29 is 0 Å².